The van der Waals surface area contributed by atoms with Gasteiger partial charge in [-0.05, 0) is 38.5 Å². The number of hydrogen-bond acceptors (Lipinski definition) is 2. The van der Waals surface area contributed by atoms with Crippen molar-refractivity contribution in [3.8, 4) is 0 Å². The molecule has 3 aliphatic rings. The molecular weight excluding hydrogens is 252 g/mol. The highest BCUT2D eigenvalue weighted by Gasteiger charge is 2.39. The van der Waals surface area contributed by atoms with Crippen LogP contribution in [0.3, 0.4) is 0 Å². The first-order chi connectivity index (χ1) is 9.75. The van der Waals surface area contributed by atoms with Crippen molar-refractivity contribution in [3.63, 3.8) is 0 Å². The molecule has 0 aromatic rings. The van der Waals surface area contributed by atoms with Gasteiger partial charge in [-0.3, -0.25) is 0 Å². The van der Waals surface area contributed by atoms with E-state index in [1.807, 2.05) is 4.90 Å². The van der Waals surface area contributed by atoms with Crippen LogP contribution in [0.2, 0.25) is 0 Å². The summed E-state index contributed by atoms with van der Waals surface area (Å²) < 4.78 is 0. The largest absolute Gasteiger partial charge is 0.393 e. The minimum Gasteiger partial charge on any atom is -0.393 e. The number of amides is 2. The van der Waals surface area contributed by atoms with E-state index in [-0.39, 0.29) is 18.2 Å². The lowest BCUT2D eigenvalue weighted by atomic mass is 9.80. The summed E-state index contributed by atoms with van der Waals surface area (Å²) in [5.74, 6) is 0.306. The number of rotatable bonds is 2. The number of hydrogen-bond donors (Lipinski definition) is 2. The van der Waals surface area contributed by atoms with Gasteiger partial charge in [-0.25, -0.2) is 4.79 Å². The van der Waals surface area contributed by atoms with E-state index in [0.717, 1.165) is 51.5 Å². The molecule has 1 aliphatic heterocycles. The van der Waals surface area contributed by atoms with Crippen LogP contribution in [0.1, 0.15) is 64.2 Å². The molecule has 0 radical (unpaired) electrons. The Balaban J connectivity index is 1.60. The Hall–Kier alpha value is -0.770. The third kappa shape index (κ3) is 2.95. The van der Waals surface area contributed by atoms with E-state index in [1.54, 1.807) is 0 Å². The van der Waals surface area contributed by atoms with Gasteiger partial charge in [0.2, 0.25) is 0 Å². The summed E-state index contributed by atoms with van der Waals surface area (Å²) in [6.07, 6.45) is 11.1. The zero-order valence-corrected chi connectivity index (χ0v) is 12.4. The second kappa shape index (κ2) is 6.33. The van der Waals surface area contributed by atoms with Gasteiger partial charge >= 0.3 is 6.03 Å². The molecule has 0 spiro atoms. The van der Waals surface area contributed by atoms with Crippen LogP contribution < -0.4 is 5.32 Å². The fraction of sp³-hybridized carbons (Fsp3) is 0.938. The van der Waals surface area contributed by atoms with E-state index in [4.69, 9.17) is 0 Å². The molecule has 0 aromatic carbocycles. The number of nitrogens with zero attached hydrogens (tertiary/aromatic N) is 1. The maximum atomic E-state index is 12.5. The van der Waals surface area contributed by atoms with E-state index in [9.17, 15) is 9.90 Å². The fourth-order valence-electron chi connectivity index (χ4n) is 4.41. The smallest absolute Gasteiger partial charge is 0.317 e. The van der Waals surface area contributed by atoms with Gasteiger partial charge in [0.15, 0.2) is 0 Å². The molecule has 3 fully saturated rings. The average molecular weight is 280 g/mol. The van der Waals surface area contributed by atoms with Gasteiger partial charge in [-0.1, -0.05) is 25.7 Å². The van der Waals surface area contributed by atoms with Crippen LogP contribution in [0.5, 0.6) is 0 Å². The maximum absolute atomic E-state index is 12.5. The van der Waals surface area contributed by atoms with Crippen molar-refractivity contribution in [2.45, 2.75) is 82.4 Å². The standard InChI is InChI=1S/C16H28N2O2/c19-15-10-4-3-8-13(15)14-9-5-11-18(14)16(20)17-12-6-1-2-7-12/h12-15,19H,1-11H2,(H,17,20). The molecule has 0 bridgehead atoms. The highest BCUT2D eigenvalue weighted by atomic mass is 16.3. The van der Waals surface area contributed by atoms with Crippen LogP contribution in [0.15, 0.2) is 0 Å². The molecule has 2 saturated carbocycles. The molecule has 4 heteroatoms. The van der Waals surface area contributed by atoms with Crippen molar-refractivity contribution in [2.75, 3.05) is 6.54 Å². The minimum atomic E-state index is -0.200. The second-order valence-electron chi connectivity index (χ2n) is 6.85. The van der Waals surface area contributed by atoms with Gasteiger partial charge in [0.25, 0.3) is 0 Å². The quantitative estimate of drug-likeness (QED) is 0.817. The van der Waals surface area contributed by atoms with Crippen molar-refractivity contribution < 1.29 is 9.90 Å². The van der Waals surface area contributed by atoms with Crippen LogP contribution in [0, 0.1) is 5.92 Å². The molecule has 4 nitrogen and oxygen atoms in total. The lowest BCUT2D eigenvalue weighted by Crippen LogP contribution is -2.50. The first kappa shape index (κ1) is 14.2. The monoisotopic (exact) mass is 280 g/mol. The summed E-state index contributed by atoms with van der Waals surface area (Å²) >= 11 is 0. The summed E-state index contributed by atoms with van der Waals surface area (Å²) in [5, 5.41) is 13.5. The van der Waals surface area contributed by atoms with Crippen LogP contribution in [0.4, 0.5) is 4.79 Å². The number of aliphatic hydroxyl groups excluding tert-OH is 1. The highest BCUT2D eigenvalue weighted by molar-refractivity contribution is 5.75. The Morgan fingerprint density at radius 2 is 1.65 bits per heavy atom. The van der Waals surface area contributed by atoms with Crippen molar-refractivity contribution in [1.82, 2.24) is 10.2 Å². The topological polar surface area (TPSA) is 52.6 Å². The lowest BCUT2D eigenvalue weighted by molar-refractivity contribution is 0.0304. The summed E-state index contributed by atoms with van der Waals surface area (Å²) in [6, 6.07) is 0.781. The molecule has 3 rings (SSSR count). The molecular formula is C16H28N2O2. The Morgan fingerprint density at radius 3 is 2.40 bits per heavy atom. The van der Waals surface area contributed by atoms with Crippen molar-refractivity contribution >= 4 is 6.03 Å². The van der Waals surface area contributed by atoms with Gasteiger partial charge in [0.1, 0.15) is 0 Å². The van der Waals surface area contributed by atoms with Gasteiger partial charge in [0.05, 0.1) is 6.10 Å². The van der Waals surface area contributed by atoms with E-state index in [0.29, 0.717) is 12.0 Å². The number of carbonyl (C=O) groups is 1. The van der Waals surface area contributed by atoms with Crippen LogP contribution in [-0.4, -0.2) is 40.8 Å². The predicted molar refractivity (Wildman–Crippen MR) is 78.5 cm³/mol. The SMILES string of the molecule is O=C(NC1CCCC1)N1CCCC1C1CCCCC1O. The van der Waals surface area contributed by atoms with Gasteiger partial charge in [-0.15, -0.1) is 0 Å². The Kier molecular flexibility index (Phi) is 4.49. The zero-order chi connectivity index (χ0) is 13.9. The summed E-state index contributed by atoms with van der Waals surface area (Å²) in [5.41, 5.74) is 0. The molecule has 3 atom stereocenters. The van der Waals surface area contributed by atoms with Crippen LogP contribution >= 0.6 is 0 Å². The molecule has 20 heavy (non-hydrogen) atoms. The number of likely N-dealkylation sites (tertiary alicyclic amines) is 1. The Labute approximate surface area is 121 Å². The molecule has 114 valence electrons. The van der Waals surface area contributed by atoms with Crippen molar-refractivity contribution in [3.05, 3.63) is 0 Å². The normalized spacial score (nSPS) is 35.5. The Bertz CT molecular complexity index is 341. The molecule has 2 amide bonds. The minimum absolute atomic E-state index is 0.122. The van der Waals surface area contributed by atoms with Gasteiger partial charge in [0, 0.05) is 24.5 Å². The van der Waals surface area contributed by atoms with Gasteiger partial charge < -0.3 is 15.3 Å². The molecule has 2 N–H and O–H groups in total. The lowest BCUT2D eigenvalue weighted by Gasteiger charge is -2.37. The molecule has 1 heterocycles. The number of urea groups is 1. The molecule has 3 unspecified atom stereocenters. The zero-order valence-electron chi connectivity index (χ0n) is 12.4. The second-order valence-corrected chi connectivity index (χ2v) is 6.85. The van der Waals surface area contributed by atoms with E-state index in [1.165, 1.54) is 19.3 Å². The first-order valence-corrected chi connectivity index (χ1v) is 8.51. The van der Waals surface area contributed by atoms with Gasteiger partial charge in [-0.2, -0.15) is 0 Å². The number of aliphatic hydroxyl groups is 1. The molecule has 1 saturated heterocycles. The van der Waals surface area contributed by atoms with E-state index in [2.05, 4.69) is 5.32 Å². The summed E-state index contributed by atoms with van der Waals surface area (Å²) in [7, 11) is 0. The fourth-order valence-corrected chi connectivity index (χ4v) is 4.41. The third-order valence-corrected chi connectivity index (χ3v) is 5.52. The first-order valence-electron chi connectivity index (χ1n) is 8.51. The molecule has 0 aromatic heterocycles. The van der Waals surface area contributed by atoms with E-state index >= 15 is 0 Å². The number of carbonyl (C=O) groups excluding carboxylic acids is 1. The predicted octanol–water partition coefficient (Wildman–Crippen LogP) is 2.65. The highest BCUT2D eigenvalue weighted by Crippen LogP contribution is 2.34. The molecule has 2 aliphatic carbocycles. The van der Waals surface area contributed by atoms with Crippen molar-refractivity contribution in [1.29, 1.82) is 0 Å². The van der Waals surface area contributed by atoms with Crippen LogP contribution in [0.25, 0.3) is 0 Å². The van der Waals surface area contributed by atoms with E-state index < -0.39 is 0 Å². The maximum Gasteiger partial charge on any atom is 0.317 e. The summed E-state index contributed by atoms with van der Waals surface area (Å²) in [6.45, 7) is 0.867. The van der Waals surface area contributed by atoms with Crippen molar-refractivity contribution in [2.24, 2.45) is 5.92 Å². The summed E-state index contributed by atoms with van der Waals surface area (Å²) in [4.78, 5) is 14.5. The van der Waals surface area contributed by atoms with Crippen LogP contribution in [-0.2, 0) is 0 Å². The average Bonchev–Trinajstić information content (AvgIpc) is 3.09. The third-order valence-electron chi connectivity index (χ3n) is 5.52. The Morgan fingerprint density at radius 1 is 0.950 bits per heavy atom. The number of nitrogens with one attached hydrogen (secondary N) is 1.